The van der Waals surface area contributed by atoms with Crippen molar-refractivity contribution in [3.05, 3.63) is 59.7 Å². The van der Waals surface area contributed by atoms with Crippen LogP contribution in [-0.2, 0) is 6.54 Å². The van der Waals surface area contributed by atoms with Crippen molar-refractivity contribution in [1.82, 2.24) is 4.90 Å². The minimum absolute atomic E-state index is 0.0642. The van der Waals surface area contributed by atoms with Crippen LogP contribution in [0.1, 0.15) is 36.7 Å². The number of rotatable bonds is 8. The maximum atomic E-state index is 12.6. The number of carbonyl (C=O) groups excluding carboxylic acids is 1. The highest BCUT2D eigenvalue weighted by atomic mass is 16.5. The Labute approximate surface area is 144 Å². The van der Waals surface area contributed by atoms with E-state index in [0.717, 1.165) is 6.54 Å². The van der Waals surface area contributed by atoms with Gasteiger partial charge in [0.2, 0.25) is 0 Å². The maximum Gasteiger partial charge on any atom is 0.176 e. The SMILES string of the molecule is CCOc1ccc(C(=O)CN(Cc2ccccc2)C(C)C)cc1N. The molecule has 0 heterocycles. The Balaban J connectivity index is 2.09. The topological polar surface area (TPSA) is 55.6 Å². The minimum Gasteiger partial charge on any atom is -0.492 e. The van der Waals surface area contributed by atoms with Gasteiger partial charge in [0.25, 0.3) is 0 Å². The van der Waals surface area contributed by atoms with E-state index in [1.165, 1.54) is 5.56 Å². The third-order valence-corrected chi connectivity index (χ3v) is 3.94. The molecule has 2 aromatic rings. The summed E-state index contributed by atoms with van der Waals surface area (Å²) in [7, 11) is 0. The Hall–Kier alpha value is -2.33. The highest BCUT2D eigenvalue weighted by Gasteiger charge is 2.17. The van der Waals surface area contributed by atoms with Gasteiger partial charge in [-0.1, -0.05) is 30.3 Å². The first-order valence-corrected chi connectivity index (χ1v) is 8.34. The van der Waals surface area contributed by atoms with E-state index >= 15 is 0 Å². The van der Waals surface area contributed by atoms with Crippen LogP contribution in [0.15, 0.2) is 48.5 Å². The Morgan fingerprint density at radius 2 is 1.88 bits per heavy atom. The number of anilines is 1. The molecule has 2 N–H and O–H groups in total. The van der Waals surface area contributed by atoms with Gasteiger partial charge >= 0.3 is 0 Å². The van der Waals surface area contributed by atoms with Crippen LogP contribution >= 0.6 is 0 Å². The second kappa shape index (κ2) is 8.50. The molecule has 0 bridgehead atoms. The maximum absolute atomic E-state index is 12.6. The second-order valence-corrected chi connectivity index (χ2v) is 6.09. The molecule has 2 rings (SSSR count). The molecule has 0 amide bonds. The third-order valence-electron chi connectivity index (χ3n) is 3.94. The average molecular weight is 326 g/mol. The fraction of sp³-hybridized carbons (Fsp3) is 0.350. The lowest BCUT2D eigenvalue weighted by molar-refractivity contribution is 0.0898. The fourth-order valence-corrected chi connectivity index (χ4v) is 2.52. The van der Waals surface area contributed by atoms with Gasteiger partial charge in [0.1, 0.15) is 5.75 Å². The highest BCUT2D eigenvalue weighted by Crippen LogP contribution is 2.23. The lowest BCUT2D eigenvalue weighted by Crippen LogP contribution is -2.35. The zero-order valence-corrected chi connectivity index (χ0v) is 14.7. The van der Waals surface area contributed by atoms with E-state index in [1.807, 2.05) is 25.1 Å². The first-order valence-electron chi connectivity index (χ1n) is 8.34. The van der Waals surface area contributed by atoms with Gasteiger partial charge < -0.3 is 10.5 Å². The molecule has 0 aliphatic rings. The summed E-state index contributed by atoms with van der Waals surface area (Å²) >= 11 is 0. The summed E-state index contributed by atoms with van der Waals surface area (Å²) in [6, 6.07) is 15.7. The van der Waals surface area contributed by atoms with E-state index in [4.69, 9.17) is 10.5 Å². The molecule has 128 valence electrons. The molecule has 0 saturated carbocycles. The van der Waals surface area contributed by atoms with Gasteiger partial charge in [0, 0.05) is 18.2 Å². The van der Waals surface area contributed by atoms with Crippen LogP contribution in [0, 0.1) is 0 Å². The third kappa shape index (κ3) is 4.83. The number of benzene rings is 2. The van der Waals surface area contributed by atoms with E-state index in [1.54, 1.807) is 18.2 Å². The zero-order chi connectivity index (χ0) is 17.5. The number of nitrogens with two attached hydrogens (primary N) is 1. The van der Waals surface area contributed by atoms with Crippen LogP contribution in [0.5, 0.6) is 5.75 Å². The van der Waals surface area contributed by atoms with Crippen LogP contribution in [0.2, 0.25) is 0 Å². The van der Waals surface area contributed by atoms with Crippen LogP contribution in [0.25, 0.3) is 0 Å². The van der Waals surface area contributed by atoms with Crippen molar-refractivity contribution in [3.8, 4) is 5.75 Å². The molecule has 0 fully saturated rings. The first-order chi connectivity index (χ1) is 11.5. The van der Waals surface area contributed by atoms with Crippen LogP contribution in [0.3, 0.4) is 0 Å². The number of nitrogen functional groups attached to an aromatic ring is 1. The van der Waals surface area contributed by atoms with Crippen LogP contribution in [0.4, 0.5) is 5.69 Å². The lowest BCUT2D eigenvalue weighted by Gasteiger charge is -2.26. The number of hydrogen-bond acceptors (Lipinski definition) is 4. The molecule has 24 heavy (non-hydrogen) atoms. The van der Waals surface area contributed by atoms with Crippen molar-refractivity contribution >= 4 is 11.5 Å². The summed E-state index contributed by atoms with van der Waals surface area (Å²) in [5, 5.41) is 0. The summed E-state index contributed by atoms with van der Waals surface area (Å²) < 4.78 is 5.42. The molecule has 4 heteroatoms. The average Bonchev–Trinajstić information content (AvgIpc) is 2.57. The van der Waals surface area contributed by atoms with Gasteiger partial charge in [-0.2, -0.15) is 0 Å². The molecule has 0 saturated heterocycles. The van der Waals surface area contributed by atoms with E-state index in [0.29, 0.717) is 30.2 Å². The summed E-state index contributed by atoms with van der Waals surface area (Å²) in [6.45, 7) is 7.76. The van der Waals surface area contributed by atoms with E-state index in [9.17, 15) is 4.79 Å². The van der Waals surface area contributed by atoms with Gasteiger partial charge in [0.05, 0.1) is 18.8 Å². The Morgan fingerprint density at radius 1 is 1.17 bits per heavy atom. The van der Waals surface area contributed by atoms with Gasteiger partial charge in [0.15, 0.2) is 5.78 Å². The monoisotopic (exact) mass is 326 g/mol. The Kier molecular flexibility index (Phi) is 6.38. The largest absolute Gasteiger partial charge is 0.492 e. The molecule has 0 aromatic heterocycles. The predicted molar refractivity (Wildman–Crippen MR) is 98.3 cm³/mol. The Bertz CT molecular complexity index is 669. The van der Waals surface area contributed by atoms with Gasteiger partial charge in [-0.15, -0.1) is 0 Å². The molecule has 0 unspecified atom stereocenters. The standard InChI is InChI=1S/C20H26N2O2/c1-4-24-20-11-10-17(12-18(20)21)19(23)14-22(15(2)3)13-16-8-6-5-7-9-16/h5-12,15H,4,13-14,21H2,1-3H3. The van der Waals surface area contributed by atoms with Gasteiger partial charge in [-0.3, -0.25) is 9.69 Å². The van der Waals surface area contributed by atoms with E-state index in [-0.39, 0.29) is 11.8 Å². The summed E-state index contributed by atoms with van der Waals surface area (Å²) in [6.07, 6.45) is 0. The van der Waals surface area contributed by atoms with Crippen molar-refractivity contribution in [3.63, 3.8) is 0 Å². The first kappa shape index (κ1) is 18.0. The summed E-state index contributed by atoms with van der Waals surface area (Å²) in [5.41, 5.74) is 8.29. The van der Waals surface area contributed by atoms with E-state index in [2.05, 4.69) is 30.9 Å². The van der Waals surface area contributed by atoms with Crippen molar-refractivity contribution in [1.29, 1.82) is 0 Å². The molecular formula is C20H26N2O2. The molecule has 0 spiro atoms. The van der Waals surface area contributed by atoms with Gasteiger partial charge in [-0.05, 0) is 44.5 Å². The van der Waals surface area contributed by atoms with Crippen molar-refractivity contribution in [2.24, 2.45) is 0 Å². The summed E-state index contributed by atoms with van der Waals surface area (Å²) in [4.78, 5) is 14.8. The normalized spacial score (nSPS) is 11.0. The van der Waals surface area contributed by atoms with Gasteiger partial charge in [-0.25, -0.2) is 0 Å². The molecule has 0 aliphatic carbocycles. The fourth-order valence-electron chi connectivity index (χ4n) is 2.52. The highest BCUT2D eigenvalue weighted by molar-refractivity contribution is 5.98. The minimum atomic E-state index is 0.0642. The number of hydrogen-bond donors (Lipinski definition) is 1. The van der Waals surface area contributed by atoms with Crippen molar-refractivity contribution in [2.75, 3.05) is 18.9 Å². The van der Waals surface area contributed by atoms with E-state index < -0.39 is 0 Å². The quantitative estimate of drug-likeness (QED) is 0.593. The van der Waals surface area contributed by atoms with Crippen molar-refractivity contribution < 1.29 is 9.53 Å². The number of carbonyl (C=O) groups is 1. The number of ether oxygens (including phenoxy) is 1. The van der Waals surface area contributed by atoms with Crippen LogP contribution < -0.4 is 10.5 Å². The van der Waals surface area contributed by atoms with Crippen LogP contribution in [-0.4, -0.2) is 29.9 Å². The van der Waals surface area contributed by atoms with Crippen molar-refractivity contribution in [2.45, 2.75) is 33.4 Å². The number of ketones is 1. The second-order valence-electron chi connectivity index (χ2n) is 6.09. The molecule has 0 aliphatic heterocycles. The lowest BCUT2D eigenvalue weighted by atomic mass is 10.1. The molecule has 0 atom stereocenters. The molecular weight excluding hydrogens is 300 g/mol. The number of nitrogens with zero attached hydrogens (tertiary/aromatic N) is 1. The smallest absolute Gasteiger partial charge is 0.176 e. The molecule has 2 aromatic carbocycles. The molecule has 0 radical (unpaired) electrons. The Morgan fingerprint density at radius 3 is 2.46 bits per heavy atom. The zero-order valence-electron chi connectivity index (χ0n) is 14.7. The predicted octanol–water partition coefficient (Wildman–Crippen LogP) is 3.76. The molecule has 4 nitrogen and oxygen atoms in total. The number of Topliss-reactive ketones (excluding diaryl/α,β-unsaturated/α-hetero) is 1. The summed E-state index contributed by atoms with van der Waals surface area (Å²) in [5.74, 6) is 0.688.